The molecule has 0 spiro atoms. The molecule has 0 bridgehead atoms. The summed E-state index contributed by atoms with van der Waals surface area (Å²) in [6.07, 6.45) is 13.3. The van der Waals surface area contributed by atoms with Gasteiger partial charge in [0.2, 0.25) is 0 Å². The average molecular weight is 540 g/mol. The van der Waals surface area contributed by atoms with Gasteiger partial charge in [0.25, 0.3) is 0 Å². The number of benzene rings is 5. The van der Waals surface area contributed by atoms with Crippen molar-refractivity contribution in [2.24, 2.45) is 5.92 Å². The summed E-state index contributed by atoms with van der Waals surface area (Å²) in [5.74, 6) is 1.60. The molecule has 1 heterocycles. The lowest BCUT2D eigenvalue weighted by Gasteiger charge is -2.26. The van der Waals surface area contributed by atoms with Crippen molar-refractivity contribution >= 4 is 34.1 Å². The molecule has 2 heteroatoms. The molecule has 0 aliphatic heterocycles. The second-order valence-electron chi connectivity index (χ2n) is 10.9. The molecular weight excluding hydrogens is 510 g/mol. The van der Waals surface area contributed by atoms with E-state index in [0.29, 0.717) is 5.92 Å². The molecule has 0 radical (unpaired) electrons. The highest BCUT2D eigenvalue weighted by molar-refractivity contribution is 6.00. The quantitative estimate of drug-likeness (QED) is 0.217. The van der Waals surface area contributed by atoms with E-state index in [1.165, 1.54) is 27.8 Å². The number of allylic oxidation sites excluding steroid dienone is 5. The Morgan fingerprint density at radius 2 is 1.07 bits per heavy atom. The van der Waals surface area contributed by atoms with Crippen LogP contribution in [0.25, 0.3) is 39.3 Å². The van der Waals surface area contributed by atoms with Crippen molar-refractivity contribution < 1.29 is 4.42 Å². The van der Waals surface area contributed by atoms with E-state index in [9.17, 15) is 0 Å². The monoisotopic (exact) mass is 539 g/mol. The molecular formula is C40H29NO. The minimum atomic E-state index is 0.221. The van der Waals surface area contributed by atoms with Crippen molar-refractivity contribution in [2.75, 3.05) is 4.90 Å². The van der Waals surface area contributed by atoms with Gasteiger partial charge in [-0.05, 0) is 52.6 Å². The third-order valence-electron chi connectivity index (χ3n) is 8.43. The molecule has 200 valence electrons. The van der Waals surface area contributed by atoms with Gasteiger partial charge < -0.3 is 9.32 Å². The van der Waals surface area contributed by atoms with Crippen LogP contribution in [0.1, 0.15) is 17.2 Å². The number of nitrogens with zero attached hydrogens (tertiary/aromatic N) is 1. The third-order valence-corrected chi connectivity index (χ3v) is 8.43. The molecule has 8 rings (SSSR count). The van der Waals surface area contributed by atoms with Crippen LogP contribution in [0.3, 0.4) is 0 Å². The Hall–Kier alpha value is -5.34. The van der Waals surface area contributed by atoms with Crippen molar-refractivity contribution in [3.8, 4) is 22.3 Å². The Morgan fingerprint density at radius 1 is 0.500 bits per heavy atom. The lowest BCUT2D eigenvalue weighted by atomic mass is 9.81. The van der Waals surface area contributed by atoms with Gasteiger partial charge in [0.05, 0.1) is 5.69 Å². The summed E-state index contributed by atoms with van der Waals surface area (Å²) in [5, 5.41) is 1.15. The maximum absolute atomic E-state index is 6.82. The van der Waals surface area contributed by atoms with E-state index >= 15 is 0 Å². The average Bonchev–Trinajstić information content (AvgIpc) is 3.47. The first-order valence-electron chi connectivity index (χ1n) is 14.5. The summed E-state index contributed by atoms with van der Waals surface area (Å²) < 4.78 is 6.82. The zero-order valence-electron chi connectivity index (χ0n) is 23.1. The number of rotatable bonds is 5. The van der Waals surface area contributed by atoms with Gasteiger partial charge >= 0.3 is 0 Å². The van der Waals surface area contributed by atoms with Gasteiger partial charge in [-0.3, -0.25) is 0 Å². The molecule has 6 aromatic rings. The van der Waals surface area contributed by atoms with Crippen molar-refractivity contribution in [3.05, 3.63) is 169 Å². The van der Waals surface area contributed by atoms with E-state index in [1.54, 1.807) is 0 Å². The van der Waals surface area contributed by atoms with E-state index < -0.39 is 0 Å². The van der Waals surface area contributed by atoms with Gasteiger partial charge in [0.1, 0.15) is 5.76 Å². The highest BCUT2D eigenvalue weighted by atomic mass is 16.3. The topological polar surface area (TPSA) is 16.4 Å². The molecule has 2 atom stereocenters. The molecule has 0 amide bonds. The minimum Gasteiger partial charge on any atom is -0.458 e. The molecule has 2 nitrogen and oxygen atoms in total. The van der Waals surface area contributed by atoms with Crippen LogP contribution in [0, 0.1) is 5.92 Å². The van der Waals surface area contributed by atoms with Crippen LogP contribution >= 0.6 is 0 Å². The molecule has 2 unspecified atom stereocenters. The minimum absolute atomic E-state index is 0.221. The molecule has 5 aromatic carbocycles. The molecule has 0 N–H and O–H groups in total. The zero-order valence-corrected chi connectivity index (χ0v) is 23.1. The van der Waals surface area contributed by atoms with Crippen LogP contribution in [0.2, 0.25) is 0 Å². The summed E-state index contributed by atoms with van der Waals surface area (Å²) >= 11 is 0. The number of furan rings is 1. The van der Waals surface area contributed by atoms with Gasteiger partial charge in [0, 0.05) is 34.2 Å². The van der Waals surface area contributed by atoms with E-state index in [0.717, 1.165) is 33.8 Å². The molecule has 0 saturated heterocycles. The van der Waals surface area contributed by atoms with Gasteiger partial charge in [-0.2, -0.15) is 0 Å². The largest absolute Gasteiger partial charge is 0.458 e. The summed E-state index contributed by atoms with van der Waals surface area (Å²) in [4.78, 5) is 2.32. The summed E-state index contributed by atoms with van der Waals surface area (Å²) in [6.45, 7) is 0. The molecule has 0 fully saturated rings. The molecule has 2 aliphatic rings. The fourth-order valence-corrected chi connectivity index (χ4v) is 6.31. The van der Waals surface area contributed by atoms with Crippen LogP contribution in [-0.2, 0) is 0 Å². The smallest absolute Gasteiger partial charge is 0.158 e. The van der Waals surface area contributed by atoms with Crippen LogP contribution in [-0.4, -0.2) is 0 Å². The van der Waals surface area contributed by atoms with E-state index in [4.69, 9.17) is 4.42 Å². The van der Waals surface area contributed by atoms with Gasteiger partial charge in [0.15, 0.2) is 5.58 Å². The molecule has 42 heavy (non-hydrogen) atoms. The number of fused-ring (bicyclic) bond motifs is 5. The van der Waals surface area contributed by atoms with E-state index in [1.807, 2.05) is 0 Å². The van der Waals surface area contributed by atoms with E-state index in [-0.39, 0.29) is 5.92 Å². The number of anilines is 3. The molecule has 0 saturated carbocycles. The zero-order chi connectivity index (χ0) is 27.9. The fraction of sp³-hybridized carbons (Fsp3) is 0.0500. The van der Waals surface area contributed by atoms with Crippen LogP contribution in [0.4, 0.5) is 17.1 Å². The lowest BCUT2D eigenvalue weighted by molar-refractivity contribution is 0.492. The Kier molecular flexibility index (Phi) is 5.97. The fourth-order valence-electron chi connectivity index (χ4n) is 6.31. The molecule has 2 aliphatic carbocycles. The maximum Gasteiger partial charge on any atom is 0.158 e. The van der Waals surface area contributed by atoms with Crippen molar-refractivity contribution in [3.63, 3.8) is 0 Å². The van der Waals surface area contributed by atoms with Crippen molar-refractivity contribution in [1.82, 2.24) is 0 Å². The summed E-state index contributed by atoms with van der Waals surface area (Å²) in [7, 11) is 0. The van der Waals surface area contributed by atoms with E-state index in [2.05, 4.69) is 169 Å². The Bertz CT molecular complexity index is 1880. The SMILES string of the molecule is C1=CC2C=Cc3c(oc4c(N(c5ccc(-c6ccccc6)cc5)c5ccc(-c6ccccc6)cc5)cccc34)C2C=C1. The van der Waals surface area contributed by atoms with Gasteiger partial charge in [-0.25, -0.2) is 0 Å². The first kappa shape index (κ1) is 24.5. The van der Waals surface area contributed by atoms with Crippen LogP contribution in [0.15, 0.2) is 162 Å². The highest BCUT2D eigenvalue weighted by Crippen LogP contribution is 2.47. The van der Waals surface area contributed by atoms with Crippen molar-refractivity contribution in [1.29, 1.82) is 0 Å². The Balaban J connectivity index is 1.28. The summed E-state index contributed by atoms with van der Waals surface area (Å²) in [5.41, 5.74) is 10.1. The normalized spacial score (nSPS) is 16.8. The van der Waals surface area contributed by atoms with Crippen molar-refractivity contribution in [2.45, 2.75) is 5.92 Å². The second kappa shape index (κ2) is 10.2. The number of hydrogen-bond donors (Lipinski definition) is 0. The standard InChI is InChI=1S/C40H29NO/c1-3-10-28(11-4-1)30-18-23-33(24-19-30)41(34-25-20-31(21-26-34)29-12-5-2-6-13-29)38-17-9-16-36-37-27-22-32-14-7-8-15-35(32)39(37)42-40(36)38/h1-27,32,35H. The predicted molar refractivity (Wildman–Crippen MR) is 175 cm³/mol. The lowest BCUT2D eigenvalue weighted by Crippen LogP contribution is -2.11. The molecule has 1 aromatic heterocycles. The Labute approximate surface area is 246 Å². The predicted octanol–water partition coefficient (Wildman–Crippen LogP) is 11.1. The number of para-hydroxylation sites is 1. The highest BCUT2D eigenvalue weighted by Gasteiger charge is 2.30. The maximum atomic E-state index is 6.82. The second-order valence-corrected chi connectivity index (χ2v) is 10.9. The Morgan fingerprint density at radius 3 is 1.69 bits per heavy atom. The first-order valence-corrected chi connectivity index (χ1v) is 14.5. The number of hydrogen-bond acceptors (Lipinski definition) is 2. The van der Waals surface area contributed by atoms with Gasteiger partial charge in [-0.15, -0.1) is 0 Å². The third kappa shape index (κ3) is 4.20. The first-order chi connectivity index (χ1) is 20.8. The summed E-state index contributed by atoms with van der Waals surface area (Å²) in [6, 6.07) is 45.2. The van der Waals surface area contributed by atoms with Crippen LogP contribution in [0.5, 0.6) is 0 Å². The van der Waals surface area contributed by atoms with Gasteiger partial charge in [-0.1, -0.05) is 134 Å². The van der Waals surface area contributed by atoms with Crippen LogP contribution < -0.4 is 4.90 Å².